The number of benzene rings is 1. The zero-order valence-electron chi connectivity index (χ0n) is 13.8. The molecule has 0 spiro atoms. The van der Waals surface area contributed by atoms with E-state index in [9.17, 15) is 4.79 Å². The number of hydrogen-bond donors (Lipinski definition) is 1. The molecule has 25 heavy (non-hydrogen) atoms. The Labute approximate surface area is 156 Å². The molecular formula is C18H19Cl2N3O2. The van der Waals surface area contributed by atoms with Gasteiger partial charge in [0.15, 0.2) is 0 Å². The third-order valence-corrected chi connectivity index (χ3v) is 5.13. The predicted octanol–water partition coefficient (Wildman–Crippen LogP) is 3.99. The van der Waals surface area contributed by atoms with Gasteiger partial charge in [-0.05, 0) is 37.8 Å². The second-order valence-electron chi connectivity index (χ2n) is 6.12. The summed E-state index contributed by atoms with van der Waals surface area (Å²) in [6.45, 7) is 3.07. The zero-order valence-corrected chi connectivity index (χ0v) is 15.3. The lowest BCUT2D eigenvalue weighted by molar-refractivity contribution is -0.0102. The van der Waals surface area contributed by atoms with Crippen LogP contribution in [-0.4, -0.2) is 29.0 Å². The molecule has 2 atom stereocenters. The standard InChI is InChI=1S/C18H19Cl2N3O2/c1-11-21-9-13(10-22-11)16-7-12(5-6-25-16)8-23-18(24)14-3-2-4-15(19)17(14)20/h2-4,9-10,12,16H,5-8H2,1H3,(H,23,24). The molecule has 5 nitrogen and oxygen atoms in total. The van der Waals surface area contributed by atoms with Crippen molar-refractivity contribution >= 4 is 29.1 Å². The number of carbonyl (C=O) groups excluding carboxylic acids is 1. The Hall–Kier alpha value is -1.69. The van der Waals surface area contributed by atoms with E-state index >= 15 is 0 Å². The first-order valence-corrected chi connectivity index (χ1v) is 8.92. The van der Waals surface area contributed by atoms with Crippen molar-refractivity contribution in [1.82, 2.24) is 15.3 Å². The number of rotatable bonds is 4. The summed E-state index contributed by atoms with van der Waals surface area (Å²) in [6.07, 6.45) is 5.29. The maximum atomic E-state index is 12.3. The number of ether oxygens (including phenoxy) is 1. The first-order valence-electron chi connectivity index (χ1n) is 8.17. The van der Waals surface area contributed by atoms with Crippen molar-refractivity contribution in [3.63, 3.8) is 0 Å². The summed E-state index contributed by atoms with van der Waals surface area (Å²) in [5, 5.41) is 3.60. The molecular weight excluding hydrogens is 361 g/mol. The minimum Gasteiger partial charge on any atom is -0.373 e. The van der Waals surface area contributed by atoms with Crippen molar-refractivity contribution in [2.24, 2.45) is 5.92 Å². The van der Waals surface area contributed by atoms with E-state index in [0.29, 0.717) is 29.7 Å². The molecule has 1 saturated heterocycles. The van der Waals surface area contributed by atoms with Crippen LogP contribution in [0.25, 0.3) is 0 Å². The molecule has 0 saturated carbocycles. The van der Waals surface area contributed by atoms with Gasteiger partial charge in [0.1, 0.15) is 5.82 Å². The molecule has 3 rings (SSSR count). The van der Waals surface area contributed by atoms with Gasteiger partial charge in [-0.25, -0.2) is 9.97 Å². The topological polar surface area (TPSA) is 64.1 Å². The Bertz CT molecular complexity index is 752. The molecule has 1 amide bonds. The minimum absolute atomic E-state index is 0.0361. The molecule has 132 valence electrons. The van der Waals surface area contributed by atoms with Gasteiger partial charge in [0.2, 0.25) is 0 Å². The van der Waals surface area contributed by atoms with E-state index in [1.165, 1.54) is 0 Å². The van der Waals surface area contributed by atoms with Gasteiger partial charge in [0.05, 0.1) is 21.7 Å². The second-order valence-corrected chi connectivity index (χ2v) is 6.91. The average Bonchev–Trinajstić information content (AvgIpc) is 2.63. The van der Waals surface area contributed by atoms with Gasteiger partial charge < -0.3 is 10.1 Å². The lowest BCUT2D eigenvalue weighted by atomic mass is 9.93. The first-order chi connectivity index (χ1) is 12.0. The molecule has 7 heteroatoms. The molecule has 1 N–H and O–H groups in total. The first kappa shape index (κ1) is 18.1. The van der Waals surface area contributed by atoms with Crippen molar-refractivity contribution in [1.29, 1.82) is 0 Å². The number of nitrogens with one attached hydrogen (secondary N) is 1. The molecule has 1 fully saturated rings. The van der Waals surface area contributed by atoms with E-state index in [-0.39, 0.29) is 17.0 Å². The van der Waals surface area contributed by atoms with E-state index in [2.05, 4.69) is 15.3 Å². The van der Waals surface area contributed by atoms with Gasteiger partial charge in [-0.3, -0.25) is 4.79 Å². The number of aryl methyl sites for hydroxylation is 1. The van der Waals surface area contributed by atoms with Crippen molar-refractivity contribution in [3.8, 4) is 0 Å². The molecule has 0 radical (unpaired) electrons. The van der Waals surface area contributed by atoms with Crippen molar-refractivity contribution < 1.29 is 9.53 Å². The highest BCUT2D eigenvalue weighted by molar-refractivity contribution is 6.43. The van der Waals surface area contributed by atoms with Crippen LogP contribution in [0.4, 0.5) is 0 Å². The van der Waals surface area contributed by atoms with Crippen molar-refractivity contribution in [2.45, 2.75) is 25.9 Å². The second kappa shape index (κ2) is 8.13. The fraction of sp³-hybridized carbons (Fsp3) is 0.389. The highest BCUT2D eigenvalue weighted by Gasteiger charge is 2.25. The van der Waals surface area contributed by atoms with E-state index < -0.39 is 0 Å². The van der Waals surface area contributed by atoms with Crippen LogP contribution in [-0.2, 0) is 4.74 Å². The average molecular weight is 380 g/mol. The number of hydrogen-bond acceptors (Lipinski definition) is 4. The molecule has 2 unspecified atom stereocenters. The molecule has 2 heterocycles. The van der Waals surface area contributed by atoms with Crippen LogP contribution in [0.3, 0.4) is 0 Å². The maximum absolute atomic E-state index is 12.3. The van der Waals surface area contributed by atoms with Crippen molar-refractivity contribution in [3.05, 3.63) is 57.6 Å². The summed E-state index contributed by atoms with van der Waals surface area (Å²) in [5.74, 6) is 0.845. The molecule has 1 aromatic heterocycles. The normalized spacial score (nSPS) is 20.3. The van der Waals surface area contributed by atoms with Crippen LogP contribution in [0, 0.1) is 12.8 Å². The third-order valence-electron chi connectivity index (χ3n) is 4.31. The highest BCUT2D eigenvalue weighted by Crippen LogP contribution is 2.31. The Kier molecular flexibility index (Phi) is 5.89. The molecule has 0 aliphatic carbocycles. The molecule has 0 bridgehead atoms. The molecule has 1 aromatic carbocycles. The van der Waals surface area contributed by atoms with Crippen molar-refractivity contribution in [2.75, 3.05) is 13.2 Å². The Morgan fingerprint density at radius 1 is 1.32 bits per heavy atom. The third kappa shape index (κ3) is 4.48. The van der Waals surface area contributed by atoms with Gasteiger partial charge >= 0.3 is 0 Å². The fourth-order valence-electron chi connectivity index (χ4n) is 2.86. The SMILES string of the molecule is Cc1ncc(C2CC(CNC(=O)c3cccc(Cl)c3Cl)CCO2)cn1. The smallest absolute Gasteiger partial charge is 0.252 e. The molecule has 1 aliphatic rings. The van der Waals surface area contributed by atoms with Gasteiger partial charge in [0, 0.05) is 31.1 Å². The van der Waals surface area contributed by atoms with Crippen LogP contribution in [0.2, 0.25) is 10.0 Å². The molecule has 2 aromatic rings. The fourth-order valence-corrected chi connectivity index (χ4v) is 3.25. The molecule has 1 aliphatic heterocycles. The summed E-state index contributed by atoms with van der Waals surface area (Å²) in [5.41, 5.74) is 1.37. The quantitative estimate of drug-likeness (QED) is 0.871. The summed E-state index contributed by atoms with van der Waals surface area (Å²) in [6, 6.07) is 5.04. The Morgan fingerprint density at radius 2 is 2.08 bits per heavy atom. The van der Waals surface area contributed by atoms with E-state index in [0.717, 1.165) is 24.2 Å². The summed E-state index contributed by atoms with van der Waals surface area (Å²) >= 11 is 12.1. The summed E-state index contributed by atoms with van der Waals surface area (Å²) in [7, 11) is 0. The Balaban J connectivity index is 1.58. The zero-order chi connectivity index (χ0) is 17.8. The summed E-state index contributed by atoms with van der Waals surface area (Å²) < 4.78 is 5.83. The minimum atomic E-state index is -0.214. The highest BCUT2D eigenvalue weighted by atomic mass is 35.5. The van der Waals surface area contributed by atoms with Gasteiger partial charge in [0.25, 0.3) is 5.91 Å². The number of aromatic nitrogens is 2. The van der Waals surface area contributed by atoms with Crippen LogP contribution >= 0.6 is 23.2 Å². The Morgan fingerprint density at radius 3 is 2.84 bits per heavy atom. The number of nitrogens with zero attached hydrogens (tertiary/aromatic N) is 2. The van der Waals surface area contributed by atoms with E-state index in [1.807, 2.05) is 6.92 Å². The maximum Gasteiger partial charge on any atom is 0.252 e. The van der Waals surface area contributed by atoms with Crippen LogP contribution < -0.4 is 5.32 Å². The van der Waals surface area contributed by atoms with Crippen LogP contribution in [0.1, 0.15) is 40.7 Å². The van der Waals surface area contributed by atoms with Gasteiger partial charge in [-0.15, -0.1) is 0 Å². The monoisotopic (exact) mass is 379 g/mol. The van der Waals surface area contributed by atoms with Gasteiger partial charge in [-0.1, -0.05) is 29.3 Å². The number of amides is 1. The predicted molar refractivity (Wildman–Crippen MR) is 97.0 cm³/mol. The van der Waals surface area contributed by atoms with E-state index in [1.54, 1.807) is 30.6 Å². The van der Waals surface area contributed by atoms with Gasteiger partial charge in [-0.2, -0.15) is 0 Å². The van der Waals surface area contributed by atoms with E-state index in [4.69, 9.17) is 27.9 Å². The lowest BCUT2D eigenvalue weighted by Crippen LogP contribution is -2.33. The van der Waals surface area contributed by atoms with Crippen LogP contribution in [0.15, 0.2) is 30.6 Å². The van der Waals surface area contributed by atoms with Crippen LogP contribution in [0.5, 0.6) is 0 Å². The summed E-state index contributed by atoms with van der Waals surface area (Å²) in [4.78, 5) is 20.8. The largest absolute Gasteiger partial charge is 0.373 e. The number of carbonyl (C=O) groups is 1. The lowest BCUT2D eigenvalue weighted by Gasteiger charge is -2.29. The number of halogens is 2.